The fourth-order valence-electron chi connectivity index (χ4n) is 2.11. The first-order valence-corrected chi connectivity index (χ1v) is 7.85. The molecule has 2 aromatic rings. The average molecular weight is 371 g/mol. The van der Waals surface area contributed by atoms with E-state index in [0.29, 0.717) is 5.69 Å². The molecule has 8 heteroatoms. The van der Waals surface area contributed by atoms with Crippen molar-refractivity contribution in [3.63, 3.8) is 0 Å². The summed E-state index contributed by atoms with van der Waals surface area (Å²) in [6.07, 6.45) is 0. The lowest BCUT2D eigenvalue weighted by atomic mass is 10.2. The van der Waals surface area contributed by atoms with Gasteiger partial charge in [0, 0.05) is 26.5 Å². The highest BCUT2D eigenvalue weighted by Gasteiger charge is 2.18. The van der Waals surface area contributed by atoms with Crippen LogP contribution in [0.15, 0.2) is 42.5 Å². The number of carbonyl (C=O) groups is 4. The number of anilines is 1. The smallest absolute Gasteiger partial charge is 0.347 e. The number of nitrogens with one attached hydrogen (secondary N) is 1. The van der Waals surface area contributed by atoms with Gasteiger partial charge in [-0.05, 0) is 42.5 Å². The summed E-state index contributed by atoms with van der Waals surface area (Å²) in [5.74, 6) is -1.95. The summed E-state index contributed by atoms with van der Waals surface area (Å²) in [4.78, 5) is 45.9. The van der Waals surface area contributed by atoms with E-state index >= 15 is 0 Å². The predicted molar refractivity (Wildman–Crippen MR) is 94.8 cm³/mol. The van der Waals surface area contributed by atoms with E-state index in [-0.39, 0.29) is 28.7 Å². The lowest BCUT2D eigenvalue weighted by Gasteiger charge is -2.11. The molecule has 0 fully saturated rings. The first-order valence-electron chi connectivity index (χ1n) is 7.85. The number of carbonyl (C=O) groups excluding carboxylic acids is 4. The van der Waals surface area contributed by atoms with Gasteiger partial charge in [0.2, 0.25) is 5.91 Å². The molecule has 0 bridgehead atoms. The van der Waals surface area contributed by atoms with Crippen molar-refractivity contribution in [1.29, 1.82) is 0 Å². The molecule has 27 heavy (non-hydrogen) atoms. The zero-order valence-electron chi connectivity index (χ0n) is 14.9. The summed E-state index contributed by atoms with van der Waals surface area (Å²) >= 11 is 0. The van der Waals surface area contributed by atoms with Gasteiger partial charge in [0.05, 0.1) is 0 Å². The van der Waals surface area contributed by atoms with Crippen LogP contribution in [0.25, 0.3) is 0 Å². The first-order chi connectivity index (χ1) is 12.7. The molecule has 0 heterocycles. The van der Waals surface area contributed by atoms with Crippen LogP contribution in [0, 0.1) is 0 Å². The molecule has 2 rings (SSSR count). The van der Waals surface area contributed by atoms with E-state index < -0.39 is 17.9 Å². The number of amides is 1. The third kappa shape index (κ3) is 5.96. The molecular weight excluding hydrogens is 354 g/mol. The SMILES string of the molecule is CC(=O)Nc1ccc(OC(=O)c2cc(OC(C)=O)ccc2OC(C)=O)cc1. The molecule has 8 nitrogen and oxygen atoms in total. The number of benzene rings is 2. The summed E-state index contributed by atoms with van der Waals surface area (Å²) in [5, 5.41) is 2.59. The molecule has 0 aliphatic rings. The van der Waals surface area contributed by atoms with Gasteiger partial charge in [0.1, 0.15) is 22.8 Å². The number of hydrogen-bond acceptors (Lipinski definition) is 7. The van der Waals surface area contributed by atoms with Gasteiger partial charge in [-0.3, -0.25) is 14.4 Å². The second-order valence-electron chi connectivity index (χ2n) is 5.44. The maximum Gasteiger partial charge on any atom is 0.347 e. The minimum Gasteiger partial charge on any atom is -0.427 e. The fourth-order valence-corrected chi connectivity index (χ4v) is 2.11. The first kappa shape index (κ1) is 19.6. The fraction of sp³-hybridized carbons (Fsp3) is 0.158. The highest BCUT2D eigenvalue weighted by atomic mass is 16.6. The molecule has 0 aliphatic heterocycles. The Hall–Kier alpha value is -3.68. The van der Waals surface area contributed by atoms with Gasteiger partial charge in [0.15, 0.2) is 0 Å². The quantitative estimate of drug-likeness (QED) is 0.636. The van der Waals surface area contributed by atoms with E-state index in [9.17, 15) is 19.2 Å². The van der Waals surface area contributed by atoms with E-state index in [0.717, 1.165) is 0 Å². The van der Waals surface area contributed by atoms with Crippen LogP contribution < -0.4 is 19.5 Å². The Morgan fingerprint density at radius 1 is 0.741 bits per heavy atom. The molecule has 0 atom stereocenters. The van der Waals surface area contributed by atoms with Crippen molar-refractivity contribution in [1.82, 2.24) is 0 Å². The normalized spacial score (nSPS) is 9.89. The van der Waals surface area contributed by atoms with Crippen molar-refractivity contribution >= 4 is 29.5 Å². The minimum atomic E-state index is -0.812. The second-order valence-corrected chi connectivity index (χ2v) is 5.44. The van der Waals surface area contributed by atoms with Crippen molar-refractivity contribution < 1.29 is 33.4 Å². The number of rotatable bonds is 5. The lowest BCUT2D eigenvalue weighted by molar-refractivity contribution is -0.133. The second kappa shape index (κ2) is 8.61. The van der Waals surface area contributed by atoms with E-state index in [1.807, 2.05) is 0 Å². The zero-order valence-corrected chi connectivity index (χ0v) is 14.9. The van der Waals surface area contributed by atoms with Crippen molar-refractivity contribution in [2.24, 2.45) is 0 Å². The molecule has 0 saturated carbocycles. The van der Waals surface area contributed by atoms with Crippen LogP contribution in [-0.2, 0) is 14.4 Å². The number of hydrogen-bond donors (Lipinski definition) is 1. The molecule has 0 aliphatic carbocycles. The van der Waals surface area contributed by atoms with Crippen LogP contribution in [0.3, 0.4) is 0 Å². The summed E-state index contributed by atoms with van der Waals surface area (Å²) in [6.45, 7) is 3.78. The Morgan fingerprint density at radius 3 is 1.89 bits per heavy atom. The average Bonchev–Trinajstić information content (AvgIpc) is 2.56. The zero-order chi connectivity index (χ0) is 20.0. The Balaban J connectivity index is 2.25. The number of ether oxygens (including phenoxy) is 3. The molecule has 1 amide bonds. The molecule has 140 valence electrons. The highest BCUT2D eigenvalue weighted by molar-refractivity contribution is 5.95. The van der Waals surface area contributed by atoms with Gasteiger partial charge >= 0.3 is 17.9 Å². The van der Waals surface area contributed by atoms with Gasteiger partial charge < -0.3 is 19.5 Å². The van der Waals surface area contributed by atoms with Gasteiger partial charge in [-0.2, -0.15) is 0 Å². The summed E-state index contributed by atoms with van der Waals surface area (Å²) in [5.41, 5.74) is 0.453. The van der Waals surface area contributed by atoms with Crippen LogP contribution in [0.2, 0.25) is 0 Å². The topological polar surface area (TPSA) is 108 Å². The summed E-state index contributed by atoms with van der Waals surface area (Å²) in [6, 6.07) is 10.1. The van der Waals surface area contributed by atoms with Crippen LogP contribution in [-0.4, -0.2) is 23.8 Å². The maximum atomic E-state index is 12.5. The summed E-state index contributed by atoms with van der Waals surface area (Å²) in [7, 11) is 0. The molecule has 0 saturated heterocycles. The van der Waals surface area contributed by atoms with E-state index in [1.54, 1.807) is 12.1 Å². The van der Waals surface area contributed by atoms with Gasteiger partial charge in [-0.15, -0.1) is 0 Å². The molecule has 0 radical (unpaired) electrons. The largest absolute Gasteiger partial charge is 0.427 e. The Kier molecular flexibility index (Phi) is 6.27. The summed E-state index contributed by atoms with van der Waals surface area (Å²) < 4.78 is 15.2. The lowest BCUT2D eigenvalue weighted by Crippen LogP contribution is -2.13. The highest BCUT2D eigenvalue weighted by Crippen LogP contribution is 2.27. The van der Waals surface area contributed by atoms with Gasteiger partial charge in [-0.1, -0.05) is 0 Å². The molecule has 2 aromatic carbocycles. The maximum absolute atomic E-state index is 12.5. The minimum absolute atomic E-state index is 0.0294. The van der Waals surface area contributed by atoms with Crippen molar-refractivity contribution in [3.05, 3.63) is 48.0 Å². The molecule has 1 N–H and O–H groups in total. The van der Waals surface area contributed by atoms with E-state index in [4.69, 9.17) is 14.2 Å². The Bertz CT molecular complexity index is 887. The Morgan fingerprint density at radius 2 is 1.33 bits per heavy atom. The Labute approximate surface area is 155 Å². The van der Waals surface area contributed by atoms with E-state index in [2.05, 4.69) is 5.32 Å². The third-order valence-electron chi connectivity index (χ3n) is 3.07. The van der Waals surface area contributed by atoms with Crippen molar-refractivity contribution in [2.75, 3.05) is 5.32 Å². The van der Waals surface area contributed by atoms with Gasteiger partial charge in [0.25, 0.3) is 0 Å². The van der Waals surface area contributed by atoms with Crippen molar-refractivity contribution in [3.8, 4) is 17.2 Å². The number of esters is 3. The van der Waals surface area contributed by atoms with Gasteiger partial charge in [-0.25, -0.2) is 4.79 Å². The molecule has 0 unspecified atom stereocenters. The molecule has 0 aromatic heterocycles. The molecular formula is C19H17NO7. The van der Waals surface area contributed by atoms with Crippen LogP contribution in [0.4, 0.5) is 5.69 Å². The van der Waals surface area contributed by atoms with E-state index in [1.165, 1.54) is 51.1 Å². The van der Waals surface area contributed by atoms with Crippen LogP contribution in [0.1, 0.15) is 31.1 Å². The monoisotopic (exact) mass is 371 g/mol. The predicted octanol–water partition coefficient (Wildman–Crippen LogP) is 2.71. The third-order valence-corrected chi connectivity index (χ3v) is 3.07. The van der Waals surface area contributed by atoms with Crippen molar-refractivity contribution in [2.45, 2.75) is 20.8 Å². The standard InChI is InChI=1S/C19H17NO7/c1-11(21)20-14-4-6-15(7-5-14)27-19(24)17-10-16(25-12(2)22)8-9-18(17)26-13(3)23/h4-10H,1-3H3,(H,20,21). The molecule has 0 spiro atoms. The van der Waals surface area contributed by atoms with Crippen LogP contribution in [0.5, 0.6) is 17.2 Å². The van der Waals surface area contributed by atoms with Crippen LogP contribution >= 0.6 is 0 Å².